The van der Waals surface area contributed by atoms with Gasteiger partial charge in [-0.2, -0.15) is 0 Å². The smallest absolute Gasteiger partial charge is 0.340 e. The number of hydrogen-bond donors (Lipinski definition) is 1. The van der Waals surface area contributed by atoms with Gasteiger partial charge in [-0.05, 0) is 40.9 Å². The van der Waals surface area contributed by atoms with E-state index in [0.29, 0.717) is 30.0 Å². The molecule has 1 aromatic carbocycles. The normalized spacial score (nSPS) is 19.1. The molecular weight excluding hydrogens is 436 g/mol. The third kappa shape index (κ3) is 3.14. The minimum absolute atomic E-state index is 0.0760. The molecule has 9 heteroatoms. The van der Waals surface area contributed by atoms with Crippen LogP contribution in [-0.2, 0) is 26.3 Å². The fraction of sp³-hybridized carbons (Fsp3) is 0.400. The number of anilines is 1. The summed E-state index contributed by atoms with van der Waals surface area (Å²) in [5.41, 5.74) is 5.76. The molecule has 1 atom stereocenters. The van der Waals surface area contributed by atoms with E-state index in [0.717, 1.165) is 0 Å². The van der Waals surface area contributed by atoms with Crippen LogP contribution in [0, 0.1) is 6.92 Å². The predicted molar refractivity (Wildman–Crippen MR) is 128 cm³/mol. The van der Waals surface area contributed by atoms with Crippen molar-refractivity contribution < 1.29 is 19.1 Å². The number of likely N-dealkylation sites (N-methyl/N-ethyl adjacent to an activating group) is 1. The van der Waals surface area contributed by atoms with Crippen molar-refractivity contribution >= 4 is 17.6 Å². The van der Waals surface area contributed by atoms with Gasteiger partial charge in [-0.1, -0.05) is 18.2 Å². The van der Waals surface area contributed by atoms with Gasteiger partial charge in [0.15, 0.2) is 0 Å². The summed E-state index contributed by atoms with van der Waals surface area (Å²) >= 11 is 0. The first-order valence-corrected chi connectivity index (χ1v) is 11.2. The molecule has 0 fully saturated rings. The number of nitrogens with zero attached hydrogens (tertiary/aromatic N) is 3. The molecule has 34 heavy (non-hydrogen) atoms. The van der Waals surface area contributed by atoms with E-state index in [-0.39, 0.29) is 28.8 Å². The van der Waals surface area contributed by atoms with Crippen LogP contribution < -0.4 is 20.9 Å². The molecule has 1 aromatic heterocycles. The van der Waals surface area contributed by atoms with Crippen molar-refractivity contribution in [2.24, 2.45) is 5.73 Å². The second kappa shape index (κ2) is 8.32. The van der Waals surface area contributed by atoms with Crippen molar-refractivity contribution in [3.8, 4) is 5.75 Å². The van der Waals surface area contributed by atoms with Crippen LogP contribution in [-0.4, -0.2) is 55.1 Å². The Hall–Kier alpha value is -3.59. The first kappa shape index (κ1) is 23.6. The first-order valence-electron chi connectivity index (χ1n) is 11.2. The van der Waals surface area contributed by atoms with E-state index < -0.39 is 22.9 Å². The highest BCUT2D eigenvalue weighted by atomic mass is 16.5. The lowest BCUT2D eigenvalue weighted by molar-refractivity contribution is -0.138. The quantitative estimate of drug-likeness (QED) is 0.666. The number of benzene rings is 1. The molecule has 9 nitrogen and oxygen atoms in total. The van der Waals surface area contributed by atoms with Crippen LogP contribution in [0.25, 0.3) is 0 Å². The molecule has 0 unspecified atom stereocenters. The summed E-state index contributed by atoms with van der Waals surface area (Å²) in [5, 5.41) is 0. The van der Waals surface area contributed by atoms with Gasteiger partial charge in [0.1, 0.15) is 16.7 Å². The van der Waals surface area contributed by atoms with Crippen LogP contribution in [0.1, 0.15) is 30.7 Å². The zero-order valence-electron chi connectivity index (χ0n) is 20.3. The molecule has 0 radical (unpaired) electrons. The van der Waals surface area contributed by atoms with E-state index >= 15 is 0 Å². The Bertz CT molecular complexity index is 1280. The summed E-state index contributed by atoms with van der Waals surface area (Å²) < 4.78 is 12.5. The maximum atomic E-state index is 14.4. The van der Waals surface area contributed by atoms with Gasteiger partial charge in [0.25, 0.3) is 5.56 Å². The molecule has 0 aliphatic carbocycles. The minimum Gasteiger partial charge on any atom is -0.465 e. The van der Waals surface area contributed by atoms with Gasteiger partial charge in [0.05, 0.1) is 12.7 Å². The first-order chi connectivity index (χ1) is 16.1. The molecule has 2 N–H and O–H groups in total. The molecule has 0 bridgehead atoms. The molecule has 0 saturated carbocycles. The van der Waals surface area contributed by atoms with Gasteiger partial charge < -0.3 is 29.6 Å². The fourth-order valence-corrected chi connectivity index (χ4v) is 4.98. The van der Waals surface area contributed by atoms with Gasteiger partial charge >= 0.3 is 5.97 Å². The molecular formula is C25H30N4O5. The number of rotatable bonds is 5. The van der Waals surface area contributed by atoms with Crippen LogP contribution in [0.4, 0.5) is 5.69 Å². The van der Waals surface area contributed by atoms with E-state index in [9.17, 15) is 14.4 Å². The van der Waals surface area contributed by atoms with E-state index in [1.807, 2.05) is 38.9 Å². The van der Waals surface area contributed by atoms with Crippen LogP contribution in [0.3, 0.4) is 0 Å². The van der Waals surface area contributed by atoms with E-state index in [1.165, 1.54) is 7.11 Å². The number of fused-ring (bicyclic) bond motifs is 4. The molecule has 4 rings (SSSR count). The molecule has 1 amide bonds. The number of hydrogen-bond acceptors (Lipinski definition) is 7. The summed E-state index contributed by atoms with van der Waals surface area (Å²) in [4.78, 5) is 45.1. The fourth-order valence-electron chi connectivity index (χ4n) is 4.98. The average molecular weight is 467 g/mol. The third-order valence-corrected chi connectivity index (χ3v) is 6.47. The predicted octanol–water partition coefficient (Wildman–Crippen LogP) is 1.50. The van der Waals surface area contributed by atoms with Crippen molar-refractivity contribution in [3.63, 3.8) is 0 Å². The zero-order valence-corrected chi connectivity index (χ0v) is 20.3. The van der Waals surface area contributed by atoms with E-state index in [1.54, 1.807) is 40.7 Å². The lowest BCUT2D eigenvalue weighted by Crippen LogP contribution is -2.53. The summed E-state index contributed by atoms with van der Waals surface area (Å²) in [6.45, 7) is 6.57. The third-order valence-electron chi connectivity index (χ3n) is 6.47. The molecule has 3 heterocycles. The van der Waals surface area contributed by atoms with Crippen molar-refractivity contribution in [1.29, 1.82) is 0 Å². The van der Waals surface area contributed by atoms with Crippen molar-refractivity contribution in [1.82, 2.24) is 9.47 Å². The Morgan fingerprint density at radius 1 is 1.24 bits per heavy atom. The van der Waals surface area contributed by atoms with Gasteiger partial charge in [-0.15, -0.1) is 0 Å². The van der Waals surface area contributed by atoms with Gasteiger partial charge in [-0.3, -0.25) is 9.59 Å². The number of para-hydroxylation sites is 1. The SMILES string of the molecule is COC(=O)C1=C(N)Oc2cc(C)n(CCN(C)C)c(=O)c2[C@]12C(=O)N(C(C)C)c1ccccc12. The van der Waals surface area contributed by atoms with Gasteiger partial charge in [-0.25, -0.2) is 4.79 Å². The van der Waals surface area contributed by atoms with Crippen molar-refractivity contribution in [2.45, 2.75) is 38.8 Å². The summed E-state index contributed by atoms with van der Waals surface area (Å²) in [6, 6.07) is 8.61. The average Bonchev–Trinajstić information content (AvgIpc) is 3.01. The van der Waals surface area contributed by atoms with Gasteiger partial charge in [0.2, 0.25) is 11.8 Å². The summed E-state index contributed by atoms with van der Waals surface area (Å²) in [7, 11) is 5.04. The second-order valence-corrected chi connectivity index (χ2v) is 9.15. The molecule has 2 aliphatic rings. The number of nitrogens with two attached hydrogens (primary N) is 1. The number of amides is 1. The molecule has 1 spiro atoms. The summed E-state index contributed by atoms with van der Waals surface area (Å²) in [5.74, 6) is -1.34. The van der Waals surface area contributed by atoms with Crippen molar-refractivity contribution in [2.75, 3.05) is 32.6 Å². The van der Waals surface area contributed by atoms with E-state index in [4.69, 9.17) is 15.2 Å². The maximum absolute atomic E-state index is 14.4. The number of carbonyl (C=O) groups is 2. The molecule has 2 aliphatic heterocycles. The highest BCUT2D eigenvalue weighted by molar-refractivity contribution is 6.18. The Morgan fingerprint density at radius 3 is 2.53 bits per heavy atom. The number of aromatic nitrogens is 1. The Balaban J connectivity index is 2.15. The monoisotopic (exact) mass is 466 g/mol. The maximum Gasteiger partial charge on any atom is 0.340 e. The lowest BCUT2D eigenvalue weighted by atomic mass is 9.68. The Morgan fingerprint density at radius 2 is 1.91 bits per heavy atom. The molecule has 0 saturated heterocycles. The minimum atomic E-state index is -1.78. The number of esters is 1. The topological polar surface area (TPSA) is 107 Å². The van der Waals surface area contributed by atoms with Crippen molar-refractivity contribution in [3.05, 3.63) is 69.0 Å². The Labute approximate surface area is 198 Å². The van der Waals surface area contributed by atoms with Crippen LogP contribution in [0.2, 0.25) is 0 Å². The van der Waals surface area contributed by atoms with Crippen LogP contribution in [0.15, 0.2) is 46.6 Å². The van der Waals surface area contributed by atoms with Crippen LogP contribution in [0.5, 0.6) is 5.75 Å². The molecule has 2 aromatic rings. The standard InChI is InChI=1S/C25H30N4O5/c1-14(2)29-17-10-8-7-9-16(17)25(24(29)32)19-18(34-21(26)20(25)23(31)33-6)13-15(3)28(22(19)30)12-11-27(4)5/h7-10,13-14H,11-12,26H2,1-6H3/t25-/m0/s1. The van der Waals surface area contributed by atoms with Gasteiger partial charge in [0, 0.05) is 42.1 Å². The largest absolute Gasteiger partial charge is 0.465 e. The lowest BCUT2D eigenvalue weighted by Gasteiger charge is -2.36. The number of pyridine rings is 1. The second-order valence-electron chi connectivity index (χ2n) is 9.15. The van der Waals surface area contributed by atoms with Crippen LogP contribution >= 0.6 is 0 Å². The Kier molecular flexibility index (Phi) is 5.77. The molecule has 180 valence electrons. The van der Waals surface area contributed by atoms with E-state index in [2.05, 4.69) is 0 Å². The highest BCUT2D eigenvalue weighted by Gasteiger charge is 2.62. The number of ether oxygens (including phenoxy) is 2. The number of carbonyl (C=O) groups excluding carboxylic acids is 2. The highest BCUT2D eigenvalue weighted by Crippen LogP contribution is 2.55. The zero-order chi connectivity index (χ0) is 24.9. The number of methoxy groups -OCH3 is 1. The summed E-state index contributed by atoms with van der Waals surface area (Å²) in [6.07, 6.45) is 0. The number of aryl methyl sites for hydroxylation is 1.